The minimum absolute atomic E-state index is 0.0950. The summed E-state index contributed by atoms with van der Waals surface area (Å²) in [5.74, 6) is -0.0732. The van der Waals surface area contributed by atoms with Gasteiger partial charge in [0.05, 0.1) is 5.41 Å². The van der Waals surface area contributed by atoms with Crippen molar-refractivity contribution in [1.82, 2.24) is 0 Å². The van der Waals surface area contributed by atoms with Crippen molar-refractivity contribution in [3.05, 3.63) is 179 Å². The second-order valence-corrected chi connectivity index (χ2v) is 18.0. The second kappa shape index (κ2) is 16.4. The molecule has 0 aromatic heterocycles. The largest absolute Gasteiger partial charge is 0.508 e. The molecular weight excluding hydrogens is 804 g/mol. The zero-order valence-corrected chi connectivity index (χ0v) is 36.6. The van der Waals surface area contributed by atoms with E-state index >= 15 is 0 Å². The van der Waals surface area contributed by atoms with Gasteiger partial charge < -0.3 is 25.7 Å². The molecule has 0 atom stereocenters. The number of hydrogen-bond acceptors (Lipinski definition) is 5. The van der Waals surface area contributed by atoms with Crippen LogP contribution < -0.4 is 15.5 Å². The summed E-state index contributed by atoms with van der Waals surface area (Å²) in [7, 11) is 0. The van der Waals surface area contributed by atoms with Crippen LogP contribution in [0.25, 0.3) is 21.5 Å². The standard InChI is InChI=1S/C54H49ClN4O4/c1-53(2)46(58(32-48(62)56-38-20-24-40(60)25-21-38)44-28-16-34-10-5-7-14-42(34)50(44)53)30-18-36-12-9-13-37(52(36)55)19-31-47-54(3,4)51-43-15-8-6-11-35(43)17-29-45(51)59(47)33-49(63)57-39-22-26-41(61)27-23-39/h5-8,10-11,14-31H,9,12-13,32-33H2,1-4H3,(H3-,56,57,60,61,62,63)/p+1. The van der Waals surface area contributed by atoms with Crippen molar-refractivity contribution in [3.63, 3.8) is 0 Å². The lowest BCUT2D eigenvalue weighted by Gasteiger charge is -2.27. The van der Waals surface area contributed by atoms with E-state index in [4.69, 9.17) is 11.6 Å². The molecule has 9 rings (SSSR count). The number of benzene rings is 6. The number of allylic oxidation sites excluding steroid dienone is 8. The number of nitrogens with one attached hydrogen (secondary N) is 2. The Balaban J connectivity index is 1.07. The smallest absolute Gasteiger partial charge is 0.290 e. The Morgan fingerprint density at radius 2 is 1.27 bits per heavy atom. The Kier molecular flexibility index (Phi) is 10.8. The number of phenols is 2. The van der Waals surface area contributed by atoms with E-state index in [-0.39, 0.29) is 36.4 Å². The molecule has 1 aliphatic carbocycles. The van der Waals surface area contributed by atoms with E-state index in [0.717, 1.165) is 74.7 Å². The molecule has 0 fully saturated rings. The van der Waals surface area contributed by atoms with E-state index in [1.165, 1.54) is 11.1 Å². The van der Waals surface area contributed by atoms with Crippen LogP contribution in [0.3, 0.4) is 0 Å². The lowest BCUT2D eigenvalue weighted by Crippen LogP contribution is -2.33. The van der Waals surface area contributed by atoms with Crippen LogP contribution in [-0.2, 0) is 20.4 Å². The predicted molar refractivity (Wildman–Crippen MR) is 257 cm³/mol. The van der Waals surface area contributed by atoms with Gasteiger partial charge in [0, 0.05) is 50.9 Å². The van der Waals surface area contributed by atoms with Gasteiger partial charge in [-0.25, -0.2) is 0 Å². The SMILES string of the molecule is CC1(C)C(/C=C/C2=C(Cl)C(=C/C=C3/N(CC(=O)Nc4ccc(O)cc4)c4ccc5ccccc5c4C3(C)C)/CCC2)=[N+](CC(=O)Nc2ccc(O)cc2)c2ccc3ccccc3c21. The average molecular weight is 854 g/mol. The van der Waals surface area contributed by atoms with Gasteiger partial charge in [-0.1, -0.05) is 92.2 Å². The third-order valence-electron chi connectivity index (χ3n) is 12.8. The molecule has 2 heterocycles. The molecule has 9 heteroatoms. The van der Waals surface area contributed by atoms with Crippen molar-refractivity contribution >= 4 is 73.4 Å². The van der Waals surface area contributed by atoms with Crippen LogP contribution in [0.5, 0.6) is 11.5 Å². The zero-order valence-electron chi connectivity index (χ0n) is 35.9. The fraction of sp³-hybridized carbons (Fsp3) is 0.204. The molecule has 63 heavy (non-hydrogen) atoms. The van der Waals surface area contributed by atoms with Gasteiger partial charge >= 0.3 is 0 Å². The third kappa shape index (κ3) is 7.80. The van der Waals surface area contributed by atoms with Crippen LogP contribution >= 0.6 is 11.6 Å². The van der Waals surface area contributed by atoms with Crippen LogP contribution in [0.15, 0.2) is 168 Å². The number of hydrogen-bond donors (Lipinski definition) is 4. The predicted octanol–water partition coefficient (Wildman–Crippen LogP) is 11.9. The van der Waals surface area contributed by atoms with E-state index in [1.807, 2.05) is 12.1 Å². The normalized spacial score (nSPS) is 17.9. The molecule has 2 aliphatic heterocycles. The van der Waals surface area contributed by atoms with Crippen molar-refractivity contribution in [2.75, 3.05) is 28.6 Å². The summed E-state index contributed by atoms with van der Waals surface area (Å²) in [4.78, 5) is 29.5. The molecule has 6 aromatic rings. The minimum atomic E-state index is -0.443. The molecule has 0 spiro atoms. The Morgan fingerprint density at radius 1 is 0.683 bits per heavy atom. The molecule has 6 aromatic carbocycles. The van der Waals surface area contributed by atoms with Crippen LogP contribution in [0.2, 0.25) is 0 Å². The Hall–Kier alpha value is -6.90. The van der Waals surface area contributed by atoms with Gasteiger partial charge in [-0.05, 0) is 138 Å². The molecule has 316 valence electrons. The topological polar surface area (TPSA) is 105 Å². The van der Waals surface area contributed by atoms with Crippen LogP contribution in [0, 0.1) is 0 Å². The van der Waals surface area contributed by atoms with Gasteiger partial charge in [0.1, 0.15) is 18.0 Å². The Labute approximate surface area is 372 Å². The lowest BCUT2D eigenvalue weighted by molar-refractivity contribution is -0.424. The summed E-state index contributed by atoms with van der Waals surface area (Å²) in [6.45, 7) is 9.05. The van der Waals surface area contributed by atoms with Gasteiger partial charge in [-0.2, -0.15) is 4.58 Å². The van der Waals surface area contributed by atoms with Crippen molar-refractivity contribution < 1.29 is 24.4 Å². The number of phenolic OH excluding ortho intramolecular Hbond substituents is 2. The molecule has 8 nitrogen and oxygen atoms in total. The molecule has 0 saturated heterocycles. The number of carbonyl (C=O) groups is 2. The summed E-state index contributed by atoms with van der Waals surface area (Å²) in [6.07, 6.45) is 11.1. The first-order valence-electron chi connectivity index (χ1n) is 21.4. The van der Waals surface area contributed by atoms with Crippen LogP contribution in [0.1, 0.15) is 58.1 Å². The number of amides is 2. The highest BCUT2D eigenvalue weighted by Gasteiger charge is 2.46. The quantitative estimate of drug-likeness (QED) is 0.0856. The fourth-order valence-electron chi connectivity index (χ4n) is 9.76. The Bertz CT molecular complexity index is 2990. The monoisotopic (exact) mass is 853 g/mol. The van der Waals surface area contributed by atoms with Gasteiger partial charge in [0.15, 0.2) is 5.71 Å². The highest BCUT2D eigenvalue weighted by Crippen LogP contribution is 2.51. The number of nitrogens with zero attached hydrogens (tertiary/aromatic N) is 2. The summed E-state index contributed by atoms with van der Waals surface area (Å²) in [6, 6.07) is 38.2. The van der Waals surface area contributed by atoms with E-state index in [1.54, 1.807) is 48.5 Å². The first-order valence-corrected chi connectivity index (χ1v) is 21.8. The van der Waals surface area contributed by atoms with Crippen LogP contribution in [0.4, 0.5) is 22.7 Å². The van der Waals surface area contributed by atoms with Crippen LogP contribution in [-0.4, -0.2) is 45.4 Å². The minimum Gasteiger partial charge on any atom is -0.508 e. The summed E-state index contributed by atoms with van der Waals surface area (Å²) < 4.78 is 2.11. The molecule has 0 saturated carbocycles. The maximum absolute atomic E-state index is 13.7. The molecular formula is C54H50ClN4O4+. The van der Waals surface area contributed by atoms with Crippen molar-refractivity contribution in [2.45, 2.75) is 57.8 Å². The molecule has 3 aliphatic rings. The number of aromatic hydroxyl groups is 2. The number of fused-ring (bicyclic) bond motifs is 6. The maximum atomic E-state index is 13.7. The van der Waals surface area contributed by atoms with E-state index < -0.39 is 10.8 Å². The molecule has 4 N–H and O–H groups in total. The maximum Gasteiger partial charge on any atom is 0.290 e. The highest BCUT2D eigenvalue weighted by atomic mass is 35.5. The zero-order chi connectivity index (χ0) is 44.0. The Morgan fingerprint density at radius 3 is 1.92 bits per heavy atom. The van der Waals surface area contributed by atoms with Gasteiger partial charge in [-0.3, -0.25) is 9.59 Å². The highest BCUT2D eigenvalue weighted by molar-refractivity contribution is 6.32. The first-order chi connectivity index (χ1) is 30.3. The molecule has 2 amide bonds. The van der Waals surface area contributed by atoms with Crippen molar-refractivity contribution in [1.29, 1.82) is 0 Å². The second-order valence-electron chi connectivity index (χ2n) is 17.6. The van der Waals surface area contributed by atoms with Gasteiger partial charge in [0.25, 0.3) is 5.91 Å². The molecule has 0 radical (unpaired) electrons. The van der Waals surface area contributed by atoms with Gasteiger partial charge in [-0.15, -0.1) is 0 Å². The number of anilines is 3. The van der Waals surface area contributed by atoms with Crippen molar-refractivity contribution in [3.8, 4) is 11.5 Å². The fourth-order valence-corrected chi connectivity index (χ4v) is 10.1. The van der Waals surface area contributed by atoms with E-state index in [0.29, 0.717) is 16.4 Å². The number of rotatable bonds is 9. The third-order valence-corrected chi connectivity index (χ3v) is 13.2. The summed E-state index contributed by atoms with van der Waals surface area (Å²) >= 11 is 7.37. The van der Waals surface area contributed by atoms with E-state index in [9.17, 15) is 19.8 Å². The average Bonchev–Trinajstić information content (AvgIpc) is 3.62. The first kappa shape index (κ1) is 41.5. The lowest BCUT2D eigenvalue weighted by atomic mass is 9.78. The van der Waals surface area contributed by atoms with Gasteiger partial charge in [0.2, 0.25) is 18.1 Å². The number of carbonyl (C=O) groups excluding carboxylic acids is 2. The number of halogens is 1. The van der Waals surface area contributed by atoms with Crippen molar-refractivity contribution in [2.24, 2.45) is 0 Å². The molecule has 0 bridgehead atoms. The summed E-state index contributed by atoms with van der Waals surface area (Å²) in [5, 5.41) is 30.9. The van der Waals surface area contributed by atoms with E-state index in [2.05, 4.69) is 133 Å². The molecule has 0 unspecified atom stereocenters. The summed E-state index contributed by atoms with van der Waals surface area (Å²) in [5.41, 5.74) is 8.68.